The van der Waals surface area contributed by atoms with Crippen molar-refractivity contribution < 1.29 is 9.13 Å². The molecule has 5 heteroatoms. The maximum atomic E-state index is 13.3. The molecule has 1 aliphatic rings. The first kappa shape index (κ1) is 16.5. The van der Waals surface area contributed by atoms with E-state index in [9.17, 15) is 4.39 Å². The molecule has 0 spiro atoms. The van der Waals surface area contributed by atoms with Gasteiger partial charge in [0, 0.05) is 29.4 Å². The van der Waals surface area contributed by atoms with Gasteiger partial charge in [-0.1, -0.05) is 5.92 Å². The fraction of sp³-hybridized carbons (Fsp3) is 0.238. The van der Waals surface area contributed by atoms with E-state index in [1.54, 1.807) is 18.3 Å². The smallest absolute Gasteiger partial charge is 0.141 e. The molecule has 0 radical (unpaired) electrons. The predicted molar refractivity (Wildman–Crippen MR) is 96.4 cm³/mol. The molecule has 130 valence electrons. The minimum Gasteiger partial charge on any atom is -0.373 e. The maximum Gasteiger partial charge on any atom is 0.141 e. The van der Waals surface area contributed by atoms with E-state index in [4.69, 9.17) is 4.74 Å². The summed E-state index contributed by atoms with van der Waals surface area (Å²) in [5, 5.41) is 4.69. The molecule has 3 heterocycles. The number of rotatable bonds is 1. The van der Waals surface area contributed by atoms with E-state index in [2.05, 4.69) is 21.9 Å². The number of benzene rings is 1. The molecule has 0 saturated carbocycles. The number of ether oxygens (including phenoxy) is 1. The topological polar surface area (TPSA) is 39.9 Å². The lowest BCUT2D eigenvalue weighted by Gasteiger charge is -2.20. The first-order chi connectivity index (χ1) is 12.6. The highest BCUT2D eigenvalue weighted by Gasteiger charge is 2.24. The third-order valence-corrected chi connectivity index (χ3v) is 4.38. The second kappa shape index (κ2) is 6.74. The van der Waals surface area contributed by atoms with Gasteiger partial charge in [-0.15, -0.1) is 0 Å². The van der Waals surface area contributed by atoms with Gasteiger partial charge in [0.15, 0.2) is 0 Å². The van der Waals surface area contributed by atoms with Gasteiger partial charge in [0.1, 0.15) is 11.5 Å². The van der Waals surface area contributed by atoms with E-state index < -0.39 is 0 Å². The van der Waals surface area contributed by atoms with E-state index in [0.29, 0.717) is 12.3 Å². The average molecular weight is 347 g/mol. The first-order valence-corrected chi connectivity index (χ1v) is 8.53. The van der Waals surface area contributed by atoms with Crippen molar-refractivity contribution in [1.82, 2.24) is 14.8 Å². The molecule has 4 nitrogen and oxygen atoms in total. The van der Waals surface area contributed by atoms with Crippen LogP contribution in [-0.2, 0) is 17.8 Å². The molecule has 0 unspecified atom stereocenters. The molecule has 3 aromatic rings. The summed E-state index contributed by atoms with van der Waals surface area (Å²) in [6.45, 7) is 4.46. The van der Waals surface area contributed by atoms with Crippen molar-refractivity contribution >= 4 is 0 Å². The van der Waals surface area contributed by atoms with Crippen LogP contribution in [0.5, 0.6) is 0 Å². The summed E-state index contributed by atoms with van der Waals surface area (Å²) in [5.74, 6) is 6.06. The van der Waals surface area contributed by atoms with Crippen molar-refractivity contribution in [3.05, 3.63) is 76.6 Å². The van der Waals surface area contributed by atoms with E-state index >= 15 is 0 Å². The van der Waals surface area contributed by atoms with Crippen LogP contribution in [0.15, 0.2) is 42.6 Å². The predicted octanol–water partition coefficient (Wildman–Crippen LogP) is 3.58. The number of halogens is 1. The van der Waals surface area contributed by atoms with E-state index in [1.165, 1.54) is 12.1 Å². The van der Waals surface area contributed by atoms with Gasteiger partial charge in [-0.2, -0.15) is 5.10 Å². The number of aromatic nitrogens is 3. The number of pyridine rings is 1. The second-order valence-corrected chi connectivity index (χ2v) is 6.42. The van der Waals surface area contributed by atoms with Crippen molar-refractivity contribution in [2.75, 3.05) is 0 Å². The molecule has 4 rings (SSSR count). The molecule has 0 N–H and O–H groups in total. The molecular weight excluding hydrogens is 329 g/mol. The van der Waals surface area contributed by atoms with Crippen LogP contribution in [0.2, 0.25) is 0 Å². The summed E-state index contributed by atoms with van der Waals surface area (Å²) >= 11 is 0. The maximum absolute atomic E-state index is 13.3. The number of nitrogens with zero attached hydrogens (tertiary/aromatic N) is 3. The van der Waals surface area contributed by atoms with Crippen molar-refractivity contribution in [3.63, 3.8) is 0 Å². The first-order valence-electron chi connectivity index (χ1n) is 8.53. The molecule has 0 aliphatic carbocycles. The summed E-state index contributed by atoms with van der Waals surface area (Å²) in [6.07, 6.45) is 2.61. The Morgan fingerprint density at radius 3 is 2.77 bits per heavy atom. The van der Waals surface area contributed by atoms with Gasteiger partial charge in [0.2, 0.25) is 0 Å². The van der Waals surface area contributed by atoms with Crippen LogP contribution in [0, 0.1) is 24.6 Å². The SMILES string of the molecule is Cc1cc(C#Cc2nn(-c3ccc(F)cc3)c3c2CO[C@@H](C)C3)ccn1. The quantitative estimate of drug-likeness (QED) is 0.632. The van der Waals surface area contributed by atoms with E-state index in [-0.39, 0.29) is 11.9 Å². The highest BCUT2D eigenvalue weighted by molar-refractivity contribution is 5.47. The lowest BCUT2D eigenvalue weighted by Crippen LogP contribution is -2.21. The van der Waals surface area contributed by atoms with Gasteiger partial charge in [-0.25, -0.2) is 9.07 Å². The normalized spacial score (nSPS) is 15.9. The zero-order chi connectivity index (χ0) is 18.1. The fourth-order valence-corrected chi connectivity index (χ4v) is 3.05. The minimum absolute atomic E-state index is 0.113. The standard InChI is InChI=1S/C21H18FN3O/c1-14-11-16(9-10-23-14)3-8-20-19-13-26-15(2)12-21(19)25(24-20)18-6-4-17(22)5-7-18/h4-7,9-11,15H,12-13H2,1-2H3/t15-/m0/s1. The Hall–Kier alpha value is -2.97. The Morgan fingerprint density at radius 2 is 2.00 bits per heavy atom. The Labute approximate surface area is 151 Å². The van der Waals surface area contributed by atoms with Crippen molar-refractivity contribution in [3.8, 4) is 17.5 Å². The van der Waals surface area contributed by atoms with Crippen LogP contribution < -0.4 is 0 Å². The summed E-state index contributed by atoms with van der Waals surface area (Å²) in [7, 11) is 0. The van der Waals surface area contributed by atoms with Crippen molar-refractivity contribution in [2.24, 2.45) is 0 Å². The molecule has 0 fully saturated rings. The summed E-state index contributed by atoms with van der Waals surface area (Å²) in [6, 6.07) is 10.2. The lowest BCUT2D eigenvalue weighted by atomic mass is 10.1. The highest BCUT2D eigenvalue weighted by Crippen LogP contribution is 2.26. The molecule has 1 aliphatic heterocycles. The van der Waals surface area contributed by atoms with Crippen LogP contribution in [0.4, 0.5) is 4.39 Å². The molecule has 2 aromatic heterocycles. The second-order valence-electron chi connectivity index (χ2n) is 6.42. The number of hydrogen-bond acceptors (Lipinski definition) is 3. The van der Waals surface area contributed by atoms with E-state index in [0.717, 1.165) is 34.6 Å². The Kier molecular flexibility index (Phi) is 4.27. The molecule has 1 atom stereocenters. The third kappa shape index (κ3) is 3.24. The zero-order valence-corrected chi connectivity index (χ0v) is 14.7. The van der Waals surface area contributed by atoms with Gasteiger partial charge < -0.3 is 4.74 Å². The van der Waals surface area contributed by atoms with Crippen LogP contribution in [0.3, 0.4) is 0 Å². The summed E-state index contributed by atoms with van der Waals surface area (Å²) < 4.78 is 20.9. The molecule has 0 amide bonds. The molecular formula is C21H18FN3O. The van der Waals surface area contributed by atoms with Gasteiger partial charge in [0.25, 0.3) is 0 Å². The van der Waals surface area contributed by atoms with Gasteiger partial charge in [0.05, 0.1) is 24.1 Å². The van der Waals surface area contributed by atoms with Gasteiger partial charge in [-0.05, 0) is 56.2 Å². The van der Waals surface area contributed by atoms with Crippen LogP contribution >= 0.6 is 0 Å². The third-order valence-electron chi connectivity index (χ3n) is 4.38. The van der Waals surface area contributed by atoms with Gasteiger partial charge >= 0.3 is 0 Å². The monoisotopic (exact) mass is 347 g/mol. The Bertz CT molecular complexity index is 1010. The molecule has 26 heavy (non-hydrogen) atoms. The number of aryl methyl sites for hydroxylation is 1. The Balaban J connectivity index is 1.79. The highest BCUT2D eigenvalue weighted by atomic mass is 19.1. The molecule has 1 aromatic carbocycles. The van der Waals surface area contributed by atoms with E-state index in [1.807, 2.05) is 30.7 Å². The van der Waals surface area contributed by atoms with Crippen LogP contribution in [0.1, 0.15) is 35.1 Å². The van der Waals surface area contributed by atoms with Crippen molar-refractivity contribution in [1.29, 1.82) is 0 Å². The molecule has 0 saturated heterocycles. The van der Waals surface area contributed by atoms with Crippen LogP contribution in [-0.4, -0.2) is 20.9 Å². The largest absolute Gasteiger partial charge is 0.373 e. The van der Waals surface area contributed by atoms with Gasteiger partial charge in [-0.3, -0.25) is 4.98 Å². The number of hydrogen-bond donors (Lipinski definition) is 0. The number of fused-ring (bicyclic) bond motifs is 1. The van der Waals surface area contributed by atoms with Crippen LogP contribution in [0.25, 0.3) is 5.69 Å². The van der Waals surface area contributed by atoms with Crippen molar-refractivity contribution in [2.45, 2.75) is 33.0 Å². The average Bonchev–Trinajstić information content (AvgIpc) is 2.98. The molecule has 0 bridgehead atoms. The zero-order valence-electron chi connectivity index (χ0n) is 14.7. The summed E-state index contributed by atoms with van der Waals surface area (Å²) in [5.41, 5.74) is 5.42. The summed E-state index contributed by atoms with van der Waals surface area (Å²) in [4.78, 5) is 4.19. The Morgan fingerprint density at radius 1 is 1.19 bits per heavy atom. The fourth-order valence-electron chi connectivity index (χ4n) is 3.05. The lowest BCUT2D eigenvalue weighted by molar-refractivity contribution is 0.0397. The minimum atomic E-state index is -0.264.